The minimum Gasteiger partial charge on any atom is -0.391 e. The minimum absolute atomic E-state index is 0.0854. The topological polar surface area (TPSA) is 78.7 Å². The van der Waals surface area contributed by atoms with Gasteiger partial charge in [-0.3, -0.25) is 14.3 Å². The Morgan fingerprint density at radius 2 is 1.82 bits per heavy atom. The zero-order valence-corrected chi connectivity index (χ0v) is 19.7. The Bertz CT molecular complexity index is 1070. The van der Waals surface area contributed by atoms with Crippen LogP contribution >= 0.6 is 0 Å². The lowest BCUT2D eigenvalue weighted by Gasteiger charge is -2.33. The highest BCUT2D eigenvalue weighted by molar-refractivity contribution is 5.94. The number of aryl methyl sites for hydroxylation is 1. The third kappa shape index (κ3) is 4.19. The van der Waals surface area contributed by atoms with Gasteiger partial charge in [0, 0.05) is 37.4 Å². The number of piperidine rings is 1. The van der Waals surface area contributed by atoms with Crippen LogP contribution in [0.15, 0.2) is 18.2 Å². The molecule has 176 valence electrons. The van der Waals surface area contributed by atoms with Crippen LogP contribution in [0, 0.1) is 13.8 Å². The smallest absolute Gasteiger partial charge is 0.274 e. The lowest BCUT2D eigenvalue weighted by Crippen LogP contribution is -2.40. The van der Waals surface area contributed by atoms with Crippen molar-refractivity contribution in [2.24, 2.45) is 0 Å². The lowest BCUT2D eigenvalue weighted by molar-refractivity contribution is -0.133. The van der Waals surface area contributed by atoms with Crippen LogP contribution in [0.25, 0.3) is 0 Å². The molecule has 0 saturated carbocycles. The number of amides is 2. The van der Waals surface area contributed by atoms with Gasteiger partial charge in [-0.2, -0.15) is 5.10 Å². The predicted molar refractivity (Wildman–Crippen MR) is 125 cm³/mol. The second kappa shape index (κ2) is 8.93. The van der Waals surface area contributed by atoms with Gasteiger partial charge in [-0.25, -0.2) is 0 Å². The normalized spacial score (nSPS) is 21.0. The van der Waals surface area contributed by atoms with Crippen LogP contribution < -0.4 is 0 Å². The standard InChI is InChI=1S/C26H34N4O3/c1-17-5-3-6-21(18(17)2)19-9-12-28(13-10-19)24(32)16-30-23-8-4-7-22(23)25(27-30)26(33)29-14-11-20(31)15-29/h3,5-6,19-20,31H,4,7-16H2,1-2H3. The highest BCUT2D eigenvalue weighted by Crippen LogP contribution is 2.32. The number of carbonyl (C=O) groups excluding carboxylic acids is 2. The first-order valence-corrected chi connectivity index (χ1v) is 12.3. The molecule has 1 aliphatic carbocycles. The molecular formula is C26H34N4O3. The van der Waals surface area contributed by atoms with E-state index >= 15 is 0 Å². The zero-order valence-electron chi connectivity index (χ0n) is 19.7. The molecule has 3 aliphatic rings. The fourth-order valence-electron chi connectivity index (χ4n) is 5.77. The number of aromatic nitrogens is 2. The van der Waals surface area contributed by atoms with Crippen LogP contribution in [0.4, 0.5) is 0 Å². The number of β-amino-alcohol motifs (C(OH)–C–C–N with tert-alkyl or cyclic N) is 1. The Kier molecular flexibility index (Phi) is 5.99. The number of fused-ring (bicyclic) bond motifs is 1. The van der Waals surface area contributed by atoms with Gasteiger partial charge in [-0.1, -0.05) is 18.2 Å². The summed E-state index contributed by atoms with van der Waals surface area (Å²) in [6.07, 6.45) is 4.82. The fraction of sp³-hybridized carbons (Fsp3) is 0.577. The van der Waals surface area contributed by atoms with Gasteiger partial charge in [0.15, 0.2) is 5.69 Å². The van der Waals surface area contributed by atoms with Crippen LogP contribution in [0.3, 0.4) is 0 Å². The first-order valence-electron chi connectivity index (χ1n) is 12.3. The van der Waals surface area contributed by atoms with Crippen molar-refractivity contribution in [2.45, 2.75) is 70.9 Å². The zero-order chi connectivity index (χ0) is 23.1. The van der Waals surface area contributed by atoms with E-state index in [0.29, 0.717) is 31.1 Å². The van der Waals surface area contributed by atoms with E-state index in [4.69, 9.17) is 0 Å². The molecular weight excluding hydrogens is 416 g/mol. The van der Waals surface area contributed by atoms with Crippen molar-refractivity contribution in [1.29, 1.82) is 0 Å². The maximum atomic E-state index is 13.1. The molecule has 2 saturated heterocycles. The number of rotatable bonds is 4. The van der Waals surface area contributed by atoms with Gasteiger partial charge in [0.2, 0.25) is 5.91 Å². The van der Waals surface area contributed by atoms with Gasteiger partial charge in [-0.15, -0.1) is 0 Å². The summed E-state index contributed by atoms with van der Waals surface area (Å²) >= 11 is 0. The van der Waals surface area contributed by atoms with Crippen LogP contribution in [-0.4, -0.2) is 68.8 Å². The Morgan fingerprint density at radius 1 is 1.06 bits per heavy atom. The number of hydrogen-bond donors (Lipinski definition) is 1. The number of hydrogen-bond acceptors (Lipinski definition) is 4. The van der Waals surface area contributed by atoms with E-state index in [2.05, 4.69) is 37.1 Å². The van der Waals surface area contributed by atoms with Crippen LogP contribution in [0.1, 0.15) is 70.0 Å². The van der Waals surface area contributed by atoms with Crippen molar-refractivity contribution >= 4 is 11.8 Å². The highest BCUT2D eigenvalue weighted by atomic mass is 16.3. The number of nitrogens with zero attached hydrogens (tertiary/aromatic N) is 4. The first kappa shape index (κ1) is 22.1. The Hall–Kier alpha value is -2.67. The quantitative estimate of drug-likeness (QED) is 0.777. The first-order chi connectivity index (χ1) is 15.9. The van der Waals surface area contributed by atoms with Gasteiger partial charge >= 0.3 is 0 Å². The monoisotopic (exact) mass is 450 g/mol. The number of aliphatic hydroxyl groups excluding tert-OH is 1. The summed E-state index contributed by atoms with van der Waals surface area (Å²) < 4.78 is 1.78. The van der Waals surface area contributed by atoms with Crippen LogP contribution in [0.2, 0.25) is 0 Å². The van der Waals surface area contributed by atoms with Crippen molar-refractivity contribution in [2.75, 3.05) is 26.2 Å². The van der Waals surface area contributed by atoms with E-state index in [9.17, 15) is 14.7 Å². The maximum Gasteiger partial charge on any atom is 0.274 e. The van der Waals surface area contributed by atoms with E-state index in [1.54, 1.807) is 9.58 Å². The molecule has 33 heavy (non-hydrogen) atoms. The molecule has 0 radical (unpaired) electrons. The van der Waals surface area contributed by atoms with Gasteiger partial charge in [0.05, 0.1) is 6.10 Å². The number of carbonyl (C=O) groups is 2. The van der Waals surface area contributed by atoms with Crippen molar-refractivity contribution < 1.29 is 14.7 Å². The molecule has 2 fully saturated rings. The Morgan fingerprint density at radius 3 is 2.55 bits per heavy atom. The number of aliphatic hydroxyl groups is 1. The number of likely N-dealkylation sites (tertiary alicyclic amines) is 2. The van der Waals surface area contributed by atoms with Crippen molar-refractivity contribution in [3.63, 3.8) is 0 Å². The average Bonchev–Trinajstić information content (AvgIpc) is 3.53. The minimum atomic E-state index is -0.447. The second-order valence-corrected chi connectivity index (χ2v) is 9.92. The van der Waals surface area contributed by atoms with Gasteiger partial charge in [0.25, 0.3) is 5.91 Å². The van der Waals surface area contributed by atoms with Crippen molar-refractivity contribution in [1.82, 2.24) is 19.6 Å². The fourth-order valence-corrected chi connectivity index (χ4v) is 5.77. The molecule has 2 aromatic rings. The average molecular weight is 451 g/mol. The van der Waals surface area contributed by atoms with Crippen molar-refractivity contribution in [3.05, 3.63) is 51.8 Å². The van der Waals surface area contributed by atoms with Crippen LogP contribution in [-0.2, 0) is 24.2 Å². The summed E-state index contributed by atoms with van der Waals surface area (Å²) in [5.74, 6) is 0.482. The largest absolute Gasteiger partial charge is 0.391 e. The van der Waals surface area contributed by atoms with E-state index in [1.165, 1.54) is 16.7 Å². The van der Waals surface area contributed by atoms with E-state index < -0.39 is 6.10 Å². The summed E-state index contributed by atoms with van der Waals surface area (Å²) in [4.78, 5) is 29.8. The highest BCUT2D eigenvalue weighted by Gasteiger charge is 2.33. The van der Waals surface area contributed by atoms with E-state index in [1.807, 2.05) is 4.90 Å². The molecule has 7 heteroatoms. The van der Waals surface area contributed by atoms with Gasteiger partial charge < -0.3 is 14.9 Å². The van der Waals surface area contributed by atoms with Gasteiger partial charge in [-0.05, 0) is 75.0 Å². The third-order valence-corrected chi connectivity index (χ3v) is 7.88. The molecule has 1 unspecified atom stereocenters. The summed E-state index contributed by atoms with van der Waals surface area (Å²) in [5.41, 5.74) is 6.64. The molecule has 1 aromatic heterocycles. The van der Waals surface area contributed by atoms with Crippen LogP contribution in [0.5, 0.6) is 0 Å². The van der Waals surface area contributed by atoms with Crippen molar-refractivity contribution in [3.8, 4) is 0 Å². The van der Waals surface area contributed by atoms with Gasteiger partial charge in [0.1, 0.15) is 6.54 Å². The summed E-state index contributed by atoms with van der Waals surface area (Å²) in [7, 11) is 0. The molecule has 3 heterocycles. The molecule has 1 atom stereocenters. The lowest BCUT2D eigenvalue weighted by atomic mass is 9.85. The molecule has 7 nitrogen and oxygen atoms in total. The summed E-state index contributed by atoms with van der Waals surface area (Å²) in [6, 6.07) is 6.52. The summed E-state index contributed by atoms with van der Waals surface area (Å²) in [5, 5.41) is 14.4. The molecule has 0 bridgehead atoms. The molecule has 0 spiro atoms. The number of benzene rings is 1. The Labute approximate surface area is 195 Å². The molecule has 1 aromatic carbocycles. The SMILES string of the molecule is Cc1cccc(C2CCN(C(=O)Cn3nc(C(=O)N4CCC(O)C4)c4c3CCC4)CC2)c1C. The molecule has 5 rings (SSSR count). The second-order valence-electron chi connectivity index (χ2n) is 9.92. The molecule has 2 aliphatic heterocycles. The maximum absolute atomic E-state index is 13.1. The molecule has 1 N–H and O–H groups in total. The third-order valence-electron chi connectivity index (χ3n) is 7.88. The van der Waals surface area contributed by atoms with E-state index in [-0.39, 0.29) is 18.4 Å². The Balaban J connectivity index is 1.25. The molecule has 2 amide bonds. The van der Waals surface area contributed by atoms with E-state index in [0.717, 1.165) is 56.5 Å². The summed E-state index contributed by atoms with van der Waals surface area (Å²) in [6.45, 7) is 7.01. The predicted octanol–water partition coefficient (Wildman–Crippen LogP) is 2.60.